The Kier molecular flexibility index (Phi) is 5.22. The predicted octanol–water partition coefficient (Wildman–Crippen LogP) is 5.32. The summed E-state index contributed by atoms with van der Waals surface area (Å²) in [7, 11) is 4.11. The Morgan fingerprint density at radius 2 is 1.72 bits per heavy atom. The van der Waals surface area contributed by atoms with E-state index < -0.39 is 0 Å². The van der Waals surface area contributed by atoms with Crippen molar-refractivity contribution in [3.63, 3.8) is 0 Å². The average Bonchev–Trinajstić information content (AvgIpc) is 2.96. The van der Waals surface area contributed by atoms with Gasteiger partial charge in [-0.15, -0.1) is 0 Å². The molecule has 0 spiro atoms. The van der Waals surface area contributed by atoms with Crippen molar-refractivity contribution in [1.29, 1.82) is 0 Å². The van der Waals surface area contributed by atoms with Crippen LogP contribution in [0, 0.1) is 5.92 Å². The molecule has 3 heteroatoms. The monoisotopic (exact) mass is 333 g/mol. The van der Waals surface area contributed by atoms with Crippen molar-refractivity contribution < 1.29 is 0 Å². The molecule has 25 heavy (non-hydrogen) atoms. The fraction of sp³-hybridized carbons (Fsp3) is 0.318. The molecule has 3 aromatic rings. The molecule has 0 aliphatic carbocycles. The van der Waals surface area contributed by atoms with Crippen molar-refractivity contribution >= 4 is 28.9 Å². The van der Waals surface area contributed by atoms with Crippen LogP contribution in [-0.2, 0) is 6.54 Å². The quantitative estimate of drug-likeness (QED) is 0.609. The second kappa shape index (κ2) is 7.56. The first-order chi connectivity index (χ1) is 12.0. The Hall–Kier alpha value is -2.55. The van der Waals surface area contributed by atoms with Crippen molar-refractivity contribution in [2.75, 3.05) is 19.0 Å². The van der Waals surface area contributed by atoms with Gasteiger partial charge < -0.3 is 9.47 Å². The van der Waals surface area contributed by atoms with Gasteiger partial charge in [-0.05, 0) is 48.2 Å². The number of benzene rings is 2. The summed E-state index contributed by atoms with van der Waals surface area (Å²) in [5.41, 5.74) is 4.68. The molecule has 3 rings (SSSR count). The van der Waals surface area contributed by atoms with E-state index in [4.69, 9.17) is 4.98 Å². The van der Waals surface area contributed by atoms with Gasteiger partial charge in [0.1, 0.15) is 5.82 Å². The molecule has 0 saturated heterocycles. The van der Waals surface area contributed by atoms with Crippen molar-refractivity contribution in [3.8, 4) is 0 Å². The number of imidazole rings is 1. The molecular formula is C22H27N3. The highest BCUT2D eigenvalue weighted by molar-refractivity contribution is 5.80. The molecule has 1 heterocycles. The maximum Gasteiger partial charge on any atom is 0.133 e. The highest BCUT2D eigenvalue weighted by Gasteiger charge is 2.08. The van der Waals surface area contributed by atoms with E-state index in [1.807, 2.05) is 0 Å². The molecule has 0 fully saturated rings. The summed E-state index contributed by atoms with van der Waals surface area (Å²) in [5, 5.41) is 0. The van der Waals surface area contributed by atoms with Gasteiger partial charge in [-0.1, -0.05) is 44.2 Å². The van der Waals surface area contributed by atoms with Crippen molar-refractivity contribution in [3.05, 3.63) is 59.9 Å². The number of hydrogen-bond acceptors (Lipinski definition) is 2. The first-order valence-electron chi connectivity index (χ1n) is 8.95. The molecule has 130 valence electrons. The van der Waals surface area contributed by atoms with Gasteiger partial charge in [-0.2, -0.15) is 0 Å². The molecule has 0 amide bonds. The van der Waals surface area contributed by atoms with Crippen molar-refractivity contribution in [1.82, 2.24) is 9.55 Å². The highest BCUT2D eigenvalue weighted by atomic mass is 15.1. The number of fused-ring (bicyclic) bond motifs is 1. The fourth-order valence-electron chi connectivity index (χ4n) is 2.90. The summed E-state index contributed by atoms with van der Waals surface area (Å²) in [5.74, 6) is 1.70. The number of aromatic nitrogens is 2. The van der Waals surface area contributed by atoms with Crippen LogP contribution in [0.5, 0.6) is 0 Å². The van der Waals surface area contributed by atoms with Gasteiger partial charge >= 0.3 is 0 Å². The molecule has 3 nitrogen and oxygen atoms in total. The molecule has 0 aliphatic rings. The van der Waals surface area contributed by atoms with Crippen LogP contribution >= 0.6 is 0 Å². The third-order valence-electron chi connectivity index (χ3n) is 4.45. The zero-order valence-electron chi connectivity index (χ0n) is 15.6. The molecule has 0 atom stereocenters. The van der Waals surface area contributed by atoms with E-state index in [2.05, 4.69) is 98.1 Å². The third-order valence-corrected chi connectivity index (χ3v) is 4.45. The largest absolute Gasteiger partial charge is 0.378 e. The molecule has 0 aliphatic heterocycles. The van der Waals surface area contributed by atoms with Crippen LogP contribution in [0.15, 0.2) is 48.5 Å². The maximum absolute atomic E-state index is 4.82. The van der Waals surface area contributed by atoms with Crippen molar-refractivity contribution in [2.24, 2.45) is 5.92 Å². The summed E-state index contributed by atoms with van der Waals surface area (Å²) in [6, 6.07) is 17.0. The third kappa shape index (κ3) is 4.11. The molecule has 0 saturated carbocycles. The Bertz CT molecular complexity index is 855. The van der Waals surface area contributed by atoms with Crippen LogP contribution in [0.1, 0.15) is 31.7 Å². The van der Waals surface area contributed by atoms with E-state index in [9.17, 15) is 0 Å². The van der Waals surface area contributed by atoms with Gasteiger partial charge in [0.25, 0.3) is 0 Å². The molecule has 0 unspecified atom stereocenters. The minimum atomic E-state index is 0.677. The smallest absolute Gasteiger partial charge is 0.133 e. The van der Waals surface area contributed by atoms with Crippen LogP contribution in [0.2, 0.25) is 0 Å². The lowest BCUT2D eigenvalue weighted by Gasteiger charge is -2.12. The summed E-state index contributed by atoms with van der Waals surface area (Å²) in [6.07, 6.45) is 5.43. The molecule has 0 radical (unpaired) electrons. The predicted molar refractivity (Wildman–Crippen MR) is 109 cm³/mol. The van der Waals surface area contributed by atoms with Gasteiger partial charge in [0, 0.05) is 26.3 Å². The van der Waals surface area contributed by atoms with E-state index in [1.54, 1.807) is 0 Å². The van der Waals surface area contributed by atoms with E-state index in [0.29, 0.717) is 5.92 Å². The lowest BCUT2D eigenvalue weighted by Crippen LogP contribution is -2.07. The SMILES string of the molecule is CC(C)CCn1c(/C=C/c2ccc(N(C)C)cc2)nc2ccccc21. The van der Waals surface area contributed by atoms with Gasteiger partial charge in [0.15, 0.2) is 0 Å². The van der Waals surface area contributed by atoms with Gasteiger partial charge in [-0.3, -0.25) is 0 Å². The molecular weight excluding hydrogens is 306 g/mol. The second-order valence-electron chi connectivity index (χ2n) is 7.11. The Morgan fingerprint density at radius 1 is 1.00 bits per heavy atom. The van der Waals surface area contributed by atoms with Crippen LogP contribution in [-0.4, -0.2) is 23.6 Å². The highest BCUT2D eigenvalue weighted by Crippen LogP contribution is 2.20. The first kappa shape index (κ1) is 17.3. The molecule has 0 N–H and O–H groups in total. The summed E-state index contributed by atoms with van der Waals surface area (Å²) < 4.78 is 2.33. The lowest BCUT2D eigenvalue weighted by atomic mass is 10.1. The molecule has 2 aromatic carbocycles. The lowest BCUT2D eigenvalue weighted by molar-refractivity contribution is 0.521. The van der Waals surface area contributed by atoms with Crippen molar-refractivity contribution in [2.45, 2.75) is 26.8 Å². The van der Waals surface area contributed by atoms with E-state index >= 15 is 0 Å². The van der Waals surface area contributed by atoms with Gasteiger partial charge in [0.2, 0.25) is 0 Å². The zero-order chi connectivity index (χ0) is 17.8. The van der Waals surface area contributed by atoms with Crippen LogP contribution in [0.25, 0.3) is 23.2 Å². The van der Waals surface area contributed by atoms with E-state index in [-0.39, 0.29) is 0 Å². The van der Waals surface area contributed by atoms with E-state index in [0.717, 1.165) is 24.3 Å². The Labute approximate surface area is 150 Å². The van der Waals surface area contributed by atoms with Crippen LogP contribution in [0.3, 0.4) is 0 Å². The number of hydrogen-bond donors (Lipinski definition) is 0. The van der Waals surface area contributed by atoms with E-state index in [1.165, 1.54) is 16.8 Å². The average molecular weight is 333 g/mol. The zero-order valence-corrected chi connectivity index (χ0v) is 15.6. The number of anilines is 1. The number of para-hydroxylation sites is 2. The van der Waals surface area contributed by atoms with Crippen LogP contribution < -0.4 is 4.90 Å². The maximum atomic E-state index is 4.82. The number of nitrogens with zero attached hydrogens (tertiary/aromatic N) is 3. The topological polar surface area (TPSA) is 21.1 Å². The Morgan fingerprint density at radius 3 is 2.40 bits per heavy atom. The van der Waals surface area contributed by atoms with Gasteiger partial charge in [0.05, 0.1) is 11.0 Å². The fourth-order valence-corrected chi connectivity index (χ4v) is 2.90. The molecule has 0 bridgehead atoms. The Balaban J connectivity index is 1.90. The van der Waals surface area contributed by atoms with Gasteiger partial charge in [-0.25, -0.2) is 4.98 Å². The first-order valence-corrected chi connectivity index (χ1v) is 8.95. The second-order valence-corrected chi connectivity index (χ2v) is 7.11. The number of rotatable bonds is 6. The minimum absolute atomic E-state index is 0.677. The summed E-state index contributed by atoms with van der Waals surface area (Å²) >= 11 is 0. The normalized spacial score (nSPS) is 11.7. The minimum Gasteiger partial charge on any atom is -0.378 e. The standard InChI is InChI=1S/C22H27N3/c1-17(2)15-16-25-21-8-6-5-7-20(21)23-22(25)14-11-18-9-12-19(13-10-18)24(3)4/h5-14,17H,15-16H2,1-4H3/b14-11+. The summed E-state index contributed by atoms with van der Waals surface area (Å²) in [6.45, 7) is 5.53. The number of aryl methyl sites for hydroxylation is 1. The summed E-state index contributed by atoms with van der Waals surface area (Å²) in [4.78, 5) is 6.93. The van der Waals surface area contributed by atoms with Crippen LogP contribution in [0.4, 0.5) is 5.69 Å². The molecule has 1 aromatic heterocycles.